The molecule has 1 aliphatic heterocycles. The SMILES string of the molecule is Cc1nccnc1C(C)N1CCC(C)C(CN)C1. The van der Waals surface area contributed by atoms with E-state index in [0.717, 1.165) is 36.9 Å². The number of piperidine rings is 1. The molecule has 0 amide bonds. The number of likely N-dealkylation sites (tertiary alicyclic amines) is 1. The molecule has 100 valence electrons. The minimum atomic E-state index is 0.334. The van der Waals surface area contributed by atoms with Crippen molar-refractivity contribution in [1.82, 2.24) is 14.9 Å². The van der Waals surface area contributed by atoms with Gasteiger partial charge in [-0.2, -0.15) is 0 Å². The van der Waals surface area contributed by atoms with Crippen LogP contribution in [0.2, 0.25) is 0 Å². The summed E-state index contributed by atoms with van der Waals surface area (Å²) in [4.78, 5) is 11.3. The maximum Gasteiger partial charge on any atom is 0.0784 e. The van der Waals surface area contributed by atoms with E-state index in [1.807, 2.05) is 6.92 Å². The van der Waals surface area contributed by atoms with Crippen molar-refractivity contribution < 1.29 is 0 Å². The number of aryl methyl sites for hydroxylation is 1. The fourth-order valence-electron chi connectivity index (χ4n) is 2.84. The van der Waals surface area contributed by atoms with Crippen molar-refractivity contribution in [2.45, 2.75) is 33.2 Å². The highest BCUT2D eigenvalue weighted by molar-refractivity contribution is 5.13. The summed E-state index contributed by atoms with van der Waals surface area (Å²) in [6.45, 7) is 9.56. The third-order valence-corrected chi connectivity index (χ3v) is 4.31. The summed E-state index contributed by atoms with van der Waals surface area (Å²) in [5, 5.41) is 0. The molecule has 1 saturated heterocycles. The maximum absolute atomic E-state index is 5.87. The predicted octanol–water partition coefficient (Wildman–Crippen LogP) is 1.76. The minimum absolute atomic E-state index is 0.334. The summed E-state index contributed by atoms with van der Waals surface area (Å²) < 4.78 is 0. The summed E-state index contributed by atoms with van der Waals surface area (Å²) >= 11 is 0. The highest BCUT2D eigenvalue weighted by Crippen LogP contribution is 2.29. The van der Waals surface area contributed by atoms with Crippen molar-refractivity contribution in [3.05, 3.63) is 23.8 Å². The predicted molar refractivity (Wildman–Crippen MR) is 73.1 cm³/mol. The number of hydrogen-bond donors (Lipinski definition) is 1. The normalized spacial score (nSPS) is 27.1. The molecule has 0 bridgehead atoms. The summed E-state index contributed by atoms with van der Waals surface area (Å²) in [5.74, 6) is 1.35. The van der Waals surface area contributed by atoms with Gasteiger partial charge in [-0.05, 0) is 45.2 Å². The molecule has 3 unspecified atom stereocenters. The Labute approximate surface area is 110 Å². The molecule has 1 aromatic rings. The van der Waals surface area contributed by atoms with E-state index in [1.54, 1.807) is 12.4 Å². The lowest BCUT2D eigenvalue weighted by Gasteiger charge is -2.39. The van der Waals surface area contributed by atoms with Gasteiger partial charge in [0.15, 0.2) is 0 Å². The first-order valence-electron chi connectivity index (χ1n) is 6.85. The van der Waals surface area contributed by atoms with Crippen LogP contribution in [0.25, 0.3) is 0 Å². The van der Waals surface area contributed by atoms with Crippen molar-refractivity contribution in [2.24, 2.45) is 17.6 Å². The summed E-state index contributed by atoms with van der Waals surface area (Å²) in [6, 6.07) is 0.334. The number of hydrogen-bond acceptors (Lipinski definition) is 4. The molecule has 1 aromatic heterocycles. The van der Waals surface area contributed by atoms with Gasteiger partial charge in [0.25, 0.3) is 0 Å². The lowest BCUT2D eigenvalue weighted by Crippen LogP contribution is -2.43. The fraction of sp³-hybridized carbons (Fsp3) is 0.714. The second-order valence-corrected chi connectivity index (χ2v) is 5.46. The smallest absolute Gasteiger partial charge is 0.0784 e. The zero-order valence-electron chi connectivity index (χ0n) is 11.6. The van der Waals surface area contributed by atoms with E-state index >= 15 is 0 Å². The van der Waals surface area contributed by atoms with Gasteiger partial charge in [-0.25, -0.2) is 0 Å². The van der Waals surface area contributed by atoms with Crippen LogP contribution in [0.3, 0.4) is 0 Å². The van der Waals surface area contributed by atoms with Gasteiger partial charge < -0.3 is 5.73 Å². The van der Waals surface area contributed by atoms with Gasteiger partial charge >= 0.3 is 0 Å². The Morgan fingerprint density at radius 3 is 2.83 bits per heavy atom. The van der Waals surface area contributed by atoms with Gasteiger partial charge in [-0.15, -0.1) is 0 Å². The number of nitrogens with two attached hydrogens (primary N) is 1. The first-order valence-corrected chi connectivity index (χ1v) is 6.85. The van der Waals surface area contributed by atoms with Crippen molar-refractivity contribution in [1.29, 1.82) is 0 Å². The van der Waals surface area contributed by atoms with E-state index in [2.05, 4.69) is 28.7 Å². The Morgan fingerprint density at radius 1 is 1.44 bits per heavy atom. The first kappa shape index (κ1) is 13.4. The summed E-state index contributed by atoms with van der Waals surface area (Å²) in [7, 11) is 0. The standard InChI is InChI=1S/C14H24N4/c1-10-4-7-18(9-13(10)8-15)12(3)14-11(2)16-5-6-17-14/h5-6,10,12-13H,4,7-9,15H2,1-3H3. The molecular weight excluding hydrogens is 224 g/mol. The van der Waals surface area contributed by atoms with Crippen LogP contribution >= 0.6 is 0 Å². The molecule has 2 rings (SSSR count). The van der Waals surface area contributed by atoms with Gasteiger partial charge in [0.05, 0.1) is 17.4 Å². The monoisotopic (exact) mass is 248 g/mol. The van der Waals surface area contributed by atoms with Crippen molar-refractivity contribution in [2.75, 3.05) is 19.6 Å². The summed E-state index contributed by atoms with van der Waals surface area (Å²) in [6.07, 6.45) is 4.77. The topological polar surface area (TPSA) is 55.0 Å². The van der Waals surface area contributed by atoms with Crippen LogP contribution in [0.4, 0.5) is 0 Å². The average Bonchev–Trinajstić information content (AvgIpc) is 2.39. The van der Waals surface area contributed by atoms with Crippen LogP contribution in [0.1, 0.15) is 37.7 Å². The molecule has 0 aromatic carbocycles. The van der Waals surface area contributed by atoms with Crippen LogP contribution in [0.15, 0.2) is 12.4 Å². The van der Waals surface area contributed by atoms with E-state index in [1.165, 1.54) is 6.42 Å². The molecule has 2 heterocycles. The van der Waals surface area contributed by atoms with Crippen molar-refractivity contribution >= 4 is 0 Å². The Morgan fingerprint density at radius 2 is 2.17 bits per heavy atom. The fourth-order valence-corrected chi connectivity index (χ4v) is 2.84. The molecule has 2 N–H and O–H groups in total. The average molecular weight is 248 g/mol. The lowest BCUT2D eigenvalue weighted by molar-refractivity contribution is 0.0957. The highest BCUT2D eigenvalue weighted by Gasteiger charge is 2.29. The number of aromatic nitrogens is 2. The second kappa shape index (κ2) is 5.76. The van der Waals surface area contributed by atoms with Crippen LogP contribution < -0.4 is 5.73 Å². The number of nitrogens with zero attached hydrogens (tertiary/aromatic N) is 3. The Balaban J connectivity index is 2.10. The van der Waals surface area contributed by atoms with Gasteiger partial charge in [0.2, 0.25) is 0 Å². The molecule has 18 heavy (non-hydrogen) atoms. The van der Waals surface area contributed by atoms with Crippen LogP contribution in [0, 0.1) is 18.8 Å². The highest BCUT2D eigenvalue weighted by atomic mass is 15.2. The molecule has 1 fully saturated rings. The minimum Gasteiger partial charge on any atom is -0.330 e. The molecular formula is C14H24N4. The van der Waals surface area contributed by atoms with Crippen LogP contribution in [-0.2, 0) is 0 Å². The quantitative estimate of drug-likeness (QED) is 0.885. The van der Waals surface area contributed by atoms with Gasteiger partial charge in [-0.1, -0.05) is 6.92 Å². The molecule has 4 heteroatoms. The molecule has 3 atom stereocenters. The van der Waals surface area contributed by atoms with Crippen LogP contribution in [-0.4, -0.2) is 34.5 Å². The molecule has 4 nitrogen and oxygen atoms in total. The first-order chi connectivity index (χ1) is 8.63. The van der Waals surface area contributed by atoms with Crippen molar-refractivity contribution in [3.8, 4) is 0 Å². The lowest BCUT2D eigenvalue weighted by atomic mass is 9.86. The molecule has 0 spiro atoms. The third kappa shape index (κ3) is 2.70. The zero-order valence-corrected chi connectivity index (χ0v) is 11.6. The van der Waals surface area contributed by atoms with E-state index in [0.29, 0.717) is 12.0 Å². The molecule has 1 aliphatic rings. The Hall–Kier alpha value is -1.00. The van der Waals surface area contributed by atoms with Crippen molar-refractivity contribution in [3.63, 3.8) is 0 Å². The van der Waals surface area contributed by atoms with E-state index < -0.39 is 0 Å². The largest absolute Gasteiger partial charge is 0.330 e. The number of rotatable bonds is 3. The zero-order chi connectivity index (χ0) is 13.1. The second-order valence-electron chi connectivity index (χ2n) is 5.46. The van der Waals surface area contributed by atoms with Crippen LogP contribution in [0.5, 0.6) is 0 Å². The third-order valence-electron chi connectivity index (χ3n) is 4.31. The van der Waals surface area contributed by atoms with E-state index in [4.69, 9.17) is 5.73 Å². The Kier molecular flexibility index (Phi) is 4.30. The van der Waals surface area contributed by atoms with Gasteiger partial charge in [0, 0.05) is 18.9 Å². The Bertz CT molecular complexity index is 393. The maximum atomic E-state index is 5.87. The molecule has 0 aliphatic carbocycles. The van der Waals surface area contributed by atoms with Gasteiger partial charge in [0.1, 0.15) is 0 Å². The molecule has 0 saturated carbocycles. The van der Waals surface area contributed by atoms with E-state index in [-0.39, 0.29) is 0 Å². The molecule has 0 radical (unpaired) electrons. The van der Waals surface area contributed by atoms with E-state index in [9.17, 15) is 0 Å². The summed E-state index contributed by atoms with van der Waals surface area (Å²) in [5.41, 5.74) is 8.00. The van der Waals surface area contributed by atoms with Gasteiger partial charge in [-0.3, -0.25) is 14.9 Å².